The highest BCUT2D eigenvalue weighted by molar-refractivity contribution is 6.15. The van der Waals surface area contributed by atoms with E-state index in [1.54, 1.807) is 42.6 Å². The number of hydrogen-bond donors (Lipinski definition) is 1. The highest BCUT2D eigenvalue weighted by atomic mass is 16.5. The highest BCUT2D eigenvalue weighted by Crippen LogP contribution is 2.35. The Bertz CT molecular complexity index is 1410. The maximum Gasteiger partial charge on any atom is 0.271 e. The second-order valence-electron chi connectivity index (χ2n) is 8.18. The van der Waals surface area contributed by atoms with Crippen molar-refractivity contribution in [1.29, 1.82) is 0 Å². The van der Waals surface area contributed by atoms with Crippen molar-refractivity contribution in [3.8, 4) is 17.2 Å². The van der Waals surface area contributed by atoms with Crippen molar-refractivity contribution in [2.75, 3.05) is 14.2 Å². The van der Waals surface area contributed by atoms with Gasteiger partial charge in [-0.25, -0.2) is 4.98 Å². The first-order chi connectivity index (χ1) is 17.4. The molecule has 4 rings (SSSR count). The minimum absolute atomic E-state index is 0.0256. The summed E-state index contributed by atoms with van der Waals surface area (Å²) in [5.74, 6) is 0.903. The van der Waals surface area contributed by atoms with Gasteiger partial charge in [-0.15, -0.1) is 0 Å². The van der Waals surface area contributed by atoms with E-state index in [1.165, 1.54) is 32.8 Å². The molecule has 0 saturated heterocycles. The molecule has 1 amide bonds. The molecule has 184 valence electrons. The van der Waals surface area contributed by atoms with Gasteiger partial charge < -0.3 is 19.5 Å². The first-order valence-electron chi connectivity index (χ1n) is 11.3. The number of nitrogens with one attached hydrogen (secondary N) is 1. The number of rotatable bonds is 9. The van der Waals surface area contributed by atoms with Gasteiger partial charge in [-0.05, 0) is 49.1 Å². The molecule has 0 fully saturated rings. The standard InChI is InChI=1S/C27H26N4O5/c1-16(2)36-19-7-5-6-17(10-19)26(32)25-21-12-24(35-4)23(34-3)11-20(21)18(13-30-25)14-31-27(33)22-15-28-8-9-29-22/h5-13,15-16H,14H2,1-4H3,(H,31,33). The molecular formula is C27H26N4O5. The number of ketones is 1. The van der Waals surface area contributed by atoms with Gasteiger partial charge in [0.2, 0.25) is 5.78 Å². The zero-order valence-corrected chi connectivity index (χ0v) is 20.4. The molecule has 1 N–H and O–H groups in total. The molecule has 0 bridgehead atoms. The van der Waals surface area contributed by atoms with Crippen LogP contribution in [0.1, 0.15) is 46.0 Å². The summed E-state index contributed by atoms with van der Waals surface area (Å²) < 4.78 is 16.7. The van der Waals surface area contributed by atoms with Crippen LogP contribution in [0.2, 0.25) is 0 Å². The largest absolute Gasteiger partial charge is 0.493 e. The summed E-state index contributed by atoms with van der Waals surface area (Å²) in [5.41, 5.74) is 1.58. The fraction of sp³-hybridized carbons (Fsp3) is 0.222. The second kappa shape index (κ2) is 10.8. The fourth-order valence-electron chi connectivity index (χ4n) is 3.75. The molecule has 0 aliphatic carbocycles. The quantitative estimate of drug-likeness (QED) is 0.354. The van der Waals surface area contributed by atoms with Crippen LogP contribution < -0.4 is 19.5 Å². The lowest BCUT2D eigenvalue weighted by Crippen LogP contribution is -2.24. The maximum atomic E-state index is 13.5. The number of ether oxygens (including phenoxy) is 3. The number of carbonyl (C=O) groups is 2. The van der Waals surface area contributed by atoms with E-state index in [4.69, 9.17) is 14.2 Å². The molecule has 0 unspecified atom stereocenters. The van der Waals surface area contributed by atoms with Crippen LogP contribution in [0.5, 0.6) is 17.2 Å². The SMILES string of the molecule is COc1cc2c(CNC(=O)c3cnccn3)cnc(C(=O)c3cccc(OC(C)C)c3)c2cc1OC. The number of methoxy groups -OCH3 is 2. The van der Waals surface area contributed by atoms with E-state index in [2.05, 4.69) is 20.3 Å². The van der Waals surface area contributed by atoms with Gasteiger partial charge in [0.05, 0.1) is 26.5 Å². The van der Waals surface area contributed by atoms with Gasteiger partial charge in [0.25, 0.3) is 5.91 Å². The van der Waals surface area contributed by atoms with Gasteiger partial charge in [-0.1, -0.05) is 12.1 Å². The van der Waals surface area contributed by atoms with Crippen LogP contribution in [0.3, 0.4) is 0 Å². The molecule has 9 heteroatoms. The van der Waals surface area contributed by atoms with Gasteiger partial charge in [0.1, 0.15) is 17.1 Å². The number of fused-ring (bicyclic) bond motifs is 1. The van der Waals surface area contributed by atoms with Crippen molar-refractivity contribution in [2.45, 2.75) is 26.5 Å². The Morgan fingerprint density at radius 1 is 0.944 bits per heavy atom. The van der Waals surface area contributed by atoms with E-state index < -0.39 is 0 Å². The van der Waals surface area contributed by atoms with Gasteiger partial charge in [0, 0.05) is 36.1 Å². The normalized spacial score (nSPS) is 10.8. The number of nitrogens with zero attached hydrogens (tertiary/aromatic N) is 3. The number of carbonyl (C=O) groups excluding carboxylic acids is 2. The predicted molar refractivity (Wildman–Crippen MR) is 134 cm³/mol. The van der Waals surface area contributed by atoms with Crippen molar-refractivity contribution in [3.63, 3.8) is 0 Å². The summed E-state index contributed by atoms with van der Waals surface area (Å²) in [6, 6.07) is 10.5. The van der Waals surface area contributed by atoms with E-state index >= 15 is 0 Å². The van der Waals surface area contributed by atoms with Crippen LogP contribution >= 0.6 is 0 Å². The Morgan fingerprint density at radius 2 is 1.69 bits per heavy atom. The zero-order valence-electron chi connectivity index (χ0n) is 20.4. The van der Waals surface area contributed by atoms with Crippen LogP contribution in [0, 0.1) is 0 Å². The number of benzene rings is 2. The summed E-state index contributed by atoms with van der Waals surface area (Å²) >= 11 is 0. The number of aromatic nitrogens is 3. The third-order valence-electron chi connectivity index (χ3n) is 5.39. The third kappa shape index (κ3) is 5.25. The molecule has 2 aromatic carbocycles. The van der Waals surface area contributed by atoms with Crippen molar-refractivity contribution in [2.24, 2.45) is 0 Å². The molecule has 4 aromatic rings. The molecule has 2 aromatic heterocycles. The van der Waals surface area contributed by atoms with Crippen LogP contribution in [-0.2, 0) is 6.54 Å². The summed E-state index contributed by atoms with van der Waals surface area (Å²) in [7, 11) is 3.06. The lowest BCUT2D eigenvalue weighted by atomic mass is 9.98. The summed E-state index contributed by atoms with van der Waals surface area (Å²) in [4.78, 5) is 38.5. The van der Waals surface area contributed by atoms with Gasteiger partial charge >= 0.3 is 0 Å². The summed E-state index contributed by atoms with van der Waals surface area (Å²) in [6.45, 7) is 4.00. The lowest BCUT2D eigenvalue weighted by Gasteiger charge is -2.15. The molecule has 0 saturated carbocycles. The van der Waals surface area contributed by atoms with Crippen molar-refractivity contribution < 1.29 is 23.8 Å². The monoisotopic (exact) mass is 486 g/mol. The summed E-state index contributed by atoms with van der Waals surface area (Å²) in [5, 5.41) is 4.09. The smallest absolute Gasteiger partial charge is 0.271 e. The second-order valence-corrected chi connectivity index (χ2v) is 8.18. The molecule has 36 heavy (non-hydrogen) atoms. The Kier molecular flexibility index (Phi) is 7.39. The predicted octanol–water partition coefficient (Wildman–Crippen LogP) is 3.99. The van der Waals surface area contributed by atoms with Gasteiger partial charge in [-0.2, -0.15) is 0 Å². The Hall–Kier alpha value is -4.53. The molecule has 0 aliphatic heterocycles. The molecule has 0 aliphatic rings. The molecule has 0 radical (unpaired) electrons. The topological polar surface area (TPSA) is 113 Å². The Balaban J connectivity index is 1.75. The number of amides is 1. The molecule has 0 atom stereocenters. The van der Waals surface area contributed by atoms with E-state index in [0.717, 1.165) is 0 Å². The van der Waals surface area contributed by atoms with Crippen molar-refractivity contribution >= 4 is 22.5 Å². The summed E-state index contributed by atoms with van der Waals surface area (Å²) in [6.07, 6.45) is 5.88. The van der Waals surface area contributed by atoms with Crippen LogP contribution in [0.25, 0.3) is 10.8 Å². The lowest BCUT2D eigenvalue weighted by molar-refractivity contribution is 0.0944. The highest BCUT2D eigenvalue weighted by Gasteiger charge is 2.20. The maximum absolute atomic E-state index is 13.5. The average Bonchev–Trinajstić information content (AvgIpc) is 2.90. The first kappa shape index (κ1) is 24.6. The van der Waals surface area contributed by atoms with Gasteiger partial charge in [0.15, 0.2) is 11.5 Å². The van der Waals surface area contributed by atoms with Crippen molar-refractivity contribution in [3.05, 3.63) is 83.7 Å². The molecular weight excluding hydrogens is 460 g/mol. The molecule has 2 heterocycles. The first-order valence-corrected chi connectivity index (χ1v) is 11.3. The number of hydrogen-bond acceptors (Lipinski definition) is 8. The van der Waals surface area contributed by atoms with Crippen LogP contribution in [0.15, 0.2) is 61.2 Å². The van der Waals surface area contributed by atoms with Gasteiger partial charge in [-0.3, -0.25) is 19.6 Å². The van der Waals surface area contributed by atoms with Crippen molar-refractivity contribution in [1.82, 2.24) is 20.3 Å². The molecule has 0 spiro atoms. The average molecular weight is 487 g/mol. The minimum atomic E-state index is -0.376. The van der Waals surface area contributed by atoms with E-state index in [9.17, 15) is 9.59 Å². The molecule has 9 nitrogen and oxygen atoms in total. The number of pyridine rings is 1. The Morgan fingerprint density at radius 3 is 2.36 bits per heavy atom. The minimum Gasteiger partial charge on any atom is -0.493 e. The van der Waals surface area contributed by atoms with Crippen LogP contribution in [-0.4, -0.2) is 47.0 Å². The van der Waals surface area contributed by atoms with E-state index in [-0.39, 0.29) is 35.7 Å². The fourth-order valence-corrected chi connectivity index (χ4v) is 3.75. The zero-order chi connectivity index (χ0) is 25.7. The Labute approximate surface area is 208 Å². The van der Waals surface area contributed by atoms with Crippen LogP contribution in [0.4, 0.5) is 0 Å². The third-order valence-corrected chi connectivity index (χ3v) is 5.39. The van der Waals surface area contributed by atoms with E-state index in [0.29, 0.717) is 39.1 Å². The van der Waals surface area contributed by atoms with E-state index in [1.807, 2.05) is 13.8 Å².